The minimum absolute atomic E-state index is 0.0308. The van der Waals surface area contributed by atoms with Gasteiger partial charge in [0, 0.05) is 12.2 Å². The maximum absolute atomic E-state index is 13.2. The van der Waals surface area contributed by atoms with E-state index in [0.29, 0.717) is 12.2 Å². The predicted octanol–water partition coefficient (Wildman–Crippen LogP) is 2.98. The Bertz CT molecular complexity index is 412. The number of anilines is 1. The molecule has 0 aliphatic carbocycles. The summed E-state index contributed by atoms with van der Waals surface area (Å²) in [6, 6.07) is 4.39. The molecule has 1 atom stereocenters. The summed E-state index contributed by atoms with van der Waals surface area (Å²) in [7, 11) is 0. The van der Waals surface area contributed by atoms with Gasteiger partial charge in [0.05, 0.1) is 9.85 Å². The van der Waals surface area contributed by atoms with E-state index in [1.807, 2.05) is 0 Å². The third kappa shape index (κ3) is 2.01. The van der Waals surface area contributed by atoms with Gasteiger partial charge in [-0.25, -0.2) is 4.39 Å². The molecule has 80 valence electrons. The molecule has 1 aliphatic heterocycles. The molecule has 1 saturated heterocycles. The van der Waals surface area contributed by atoms with Crippen molar-refractivity contribution in [3.63, 3.8) is 0 Å². The molecule has 0 spiro atoms. The molecule has 0 aromatic heterocycles. The molecule has 2 nitrogen and oxygen atoms in total. The molecule has 0 unspecified atom stereocenters. The lowest BCUT2D eigenvalue weighted by atomic mass is 10.3. The lowest BCUT2D eigenvalue weighted by molar-refractivity contribution is -0.116. The van der Waals surface area contributed by atoms with Gasteiger partial charge in [0.15, 0.2) is 0 Å². The van der Waals surface area contributed by atoms with Crippen LogP contribution >= 0.6 is 27.5 Å². The molecule has 2 rings (SSSR count). The molecule has 5 heteroatoms. The van der Waals surface area contributed by atoms with Gasteiger partial charge in [0.2, 0.25) is 5.91 Å². The van der Waals surface area contributed by atoms with Crippen LogP contribution in [-0.2, 0) is 4.79 Å². The Balaban J connectivity index is 2.31. The van der Waals surface area contributed by atoms with Gasteiger partial charge in [-0.3, -0.25) is 4.79 Å². The topological polar surface area (TPSA) is 20.3 Å². The van der Waals surface area contributed by atoms with Crippen molar-refractivity contribution < 1.29 is 9.18 Å². The quantitative estimate of drug-likeness (QED) is 0.729. The maximum atomic E-state index is 13.2. The number of nitrogens with zero attached hydrogens (tertiary/aromatic N) is 1. The number of alkyl halides is 1. The van der Waals surface area contributed by atoms with Crippen LogP contribution in [0, 0.1) is 5.82 Å². The maximum Gasteiger partial charge on any atom is 0.240 e. The molecule has 1 amide bonds. The zero-order valence-corrected chi connectivity index (χ0v) is 10.1. The number of amides is 1. The second-order valence-corrected chi connectivity index (χ2v) is 4.86. The Labute approximate surface area is 100 Å². The van der Waals surface area contributed by atoms with E-state index in [2.05, 4.69) is 15.9 Å². The summed E-state index contributed by atoms with van der Waals surface area (Å²) in [6.45, 7) is 0.607. The summed E-state index contributed by atoms with van der Waals surface area (Å²) < 4.78 is 13.2. The van der Waals surface area contributed by atoms with Crippen molar-refractivity contribution in [1.29, 1.82) is 0 Å². The first-order chi connectivity index (χ1) is 7.09. The van der Waals surface area contributed by atoms with Gasteiger partial charge in [0.1, 0.15) is 5.82 Å². The van der Waals surface area contributed by atoms with Crippen molar-refractivity contribution in [2.24, 2.45) is 0 Å². The van der Waals surface area contributed by atoms with Crippen LogP contribution in [0.1, 0.15) is 6.42 Å². The average Bonchev–Trinajstić information content (AvgIpc) is 2.53. The Morgan fingerprint density at radius 3 is 2.80 bits per heavy atom. The van der Waals surface area contributed by atoms with E-state index < -0.39 is 5.82 Å². The smallest absolute Gasteiger partial charge is 0.240 e. The van der Waals surface area contributed by atoms with Crippen LogP contribution in [-0.4, -0.2) is 17.3 Å². The summed E-state index contributed by atoms with van der Waals surface area (Å²) in [4.78, 5) is 13.0. The van der Waals surface area contributed by atoms with Crippen molar-refractivity contribution in [2.45, 2.75) is 11.2 Å². The van der Waals surface area contributed by atoms with E-state index in [4.69, 9.17) is 11.6 Å². The zero-order chi connectivity index (χ0) is 11.0. The molecule has 0 radical (unpaired) electrons. The molecule has 1 fully saturated rings. The highest BCUT2D eigenvalue weighted by Crippen LogP contribution is 2.27. The van der Waals surface area contributed by atoms with E-state index in [1.54, 1.807) is 11.0 Å². The van der Waals surface area contributed by atoms with E-state index in [9.17, 15) is 9.18 Å². The van der Waals surface area contributed by atoms with E-state index >= 15 is 0 Å². The van der Waals surface area contributed by atoms with Crippen LogP contribution in [0.4, 0.5) is 10.1 Å². The van der Waals surface area contributed by atoms with Crippen LogP contribution in [0.25, 0.3) is 0 Å². The Hall–Kier alpha value is -0.610. The van der Waals surface area contributed by atoms with Crippen molar-refractivity contribution in [2.75, 3.05) is 11.4 Å². The first-order valence-electron chi connectivity index (χ1n) is 4.50. The largest absolute Gasteiger partial charge is 0.311 e. The van der Waals surface area contributed by atoms with Crippen molar-refractivity contribution in [3.8, 4) is 0 Å². The number of rotatable bonds is 1. The highest BCUT2D eigenvalue weighted by Gasteiger charge is 2.30. The normalized spacial score (nSPS) is 21.1. The number of carbonyl (C=O) groups excluding carboxylic acids is 1. The van der Waals surface area contributed by atoms with Crippen LogP contribution in [0.2, 0.25) is 5.02 Å². The summed E-state index contributed by atoms with van der Waals surface area (Å²) in [6.07, 6.45) is 0.739. The van der Waals surface area contributed by atoms with Gasteiger partial charge in [0.25, 0.3) is 0 Å². The predicted molar refractivity (Wildman–Crippen MR) is 61.1 cm³/mol. The van der Waals surface area contributed by atoms with E-state index in [-0.39, 0.29) is 15.8 Å². The first-order valence-corrected chi connectivity index (χ1v) is 5.79. The summed E-state index contributed by atoms with van der Waals surface area (Å²) in [5.41, 5.74) is 0.559. The SMILES string of the molecule is O=C1[C@@H](Br)CCN1c1ccc(Cl)c(F)c1. The minimum Gasteiger partial charge on any atom is -0.311 e. The molecule has 1 aliphatic rings. The van der Waals surface area contributed by atoms with Gasteiger partial charge >= 0.3 is 0 Å². The second kappa shape index (κ2) is 4.10. The van der Waals surface area contributed by atoms with E-state index in [0.717, 1.165) is 6.42 Å². The summed E-state index contributed by atoms with van der Waals surface area (Å²) in [5, 5.41) is 0.0702. The van der Waals surface area contributed by atoms with Crippen molar-refractivity contribution >= 4 is 39.1 Å². The lowest BCUT2D eigenvalue weighted by Crippen LogP contribution is -2.27. The lowest BCUT2D eigenvalue weighted by Gasteiger charge is -2.16. The van der Waals surface area contributed by atoms with Crippen LogP contribution in [0.3, 0.4) is 0 Å². The molecule has 0 bridgehead atoms. The van der Waals surface area contributed by atoms with Crippen LogP contribution in [0.15, 0.2) is 18.2 Å². The fraction of sp³-hybridized carbons (Fsp3) is 0.300. The molecular formula is C10H8BrClFNO. The van der Waals surface area contributed by atoms with Crippen molar-refractivity contribution in [3.05, 3.63) is 29.0 Å². The Kier molecular flexibility index (Phi) is 2.98. The van der Waals surface area contributed by atoms with Crippen LogP contribution < -0.4 is 4.90 Å². The average molecular weight is 293 g/mol. The molecule has 0 saturated carbocycles. The summed E-state index contributed by atoms with van der Waals surface area (Å²) in [5.74, 6) is -0.531. The van der Waals surface area contributed by atoms with Gasteiger partial charge in [-0.05, 0) is 24.6 Å². The second-order valence-electron chi connectivity index (χ2n) is 3.34. The van der Waals surface area contributed by atoms with Crippen molar-refractivity contribution in [1.82, 2.24) is 0 Å². The monoisotopic (exact) mass is 291 g/mol. The first kappa shape index (κ1) is 10.9. The number of hydrogen-bond acceptors (Lipinski definition) is 1. The van der Waals surface area contributed by atoms with E-state index in [1.165, 1.54) is 12.1 Å². The number of benzene rings is 1. The molecular weight excluding hydrogens is 284 g/mol. The van der Waals surface area contributed by atoms with Gasteiger partial charge < -0.3 is 4.90 Å². The third-order valence-corrected chi connectivity index (χ3v) is 3.51. The molecule has 1 aromatic rings. The number of hydrogen-bond donors (Lipinski definition) is 0. The number of halogens is 3. The molecule has 1 heterocycles. The fourth-order valence-corrected chi connectivity index (χ4v) is 2.12. The Morgan fingerprint density at radius 1 is 1.53 bits per heavy atom. The third-order valence-electron chi connectivity index (χ3n) is 2.35. The molecule has 0 N–H and O–H groups in total. The van der Waals surface area contributed by atoms with Gasteiger partial charge in [-0.1, -0.05) is 27.5 Å². The zero-order valence-electron chi connectivity index (χ0n) is 7.71. The summed E-state index contributed by atoms with van der Waals surface area (Å²) >= 11 is 8.83. The standard InChI is InChI=1S/C10H8BrClFNO/c11-7-3-4-14(10(7)15)6-1-2-8(12)9(13)5-6/h1-2,5,7H,3-4H2/t7-/m0/s1. The van der Waals surface area contributed by atoms with Gasteiger partial charge in [-0.15, -0.1) is 0 Å². The highest BCUT2D eigenvalue weighted by atomic mass is 79.9. The minimum atomic E-state index is -0.500. The van der Waals surface area contributed by atoms with Crippen LogP contribution in [0.5, 0.6) is 0 Å². The molecule has 15 heavy (non-hydrogen) atoms. The number of carbonyl (C=O) groups is 1. The molecule has 1 aromatic carbocycles. The van der Waals surface area contributed by atoms with Gasteiger partial charge in [-0.2, -0.15) is 0 Å². The highest BCUT2D eigenvalue weighted by molar-refractivity contribution is 9.10. The Morgan fingerprint density at radius 2 is 2.27 bits per heavy atom. The fourth-order valence-electron chi connectivity index (χ4n) is 1.55.